The summed E-state index contributed by atoms with van der Waals surface area (Å²) in [5.74, 6) is -0.721. The molecule has 2 rings (SSSR count). The average molecular weight is 265 g/mol. The fourth-order valence-corrected chi connectivity index (χ4v) is 2.02. The standard InChI is InChI=1S/C13H16FN3O2/c1-7-4-9(6-10(14)5-7)13(18)16-11(8-2-3-8)12(15)17-19/h4-6,8,11,19H,2-3H2,1H3,(H2,15,17)(H,16,18). The van der Waals surface area contributed by atoms with Gasteiger partial charge in [0.05, 0.1) is 6.04 Å². The number of nitrogens with zero attached hydrogens (tertiary/aromatic N) is 1. The third-order valence-electron chi connectivity index (χ3n) is 3.12. The van der Waals surface area contributed by atoms with Gasteiger partial charge in [0.15, 0.2) is 5.84 Å². The Morgan fingerprint density at radius 3 is 2.74 bits per heavy atom. The highest BCUT2D eigenvalue weighted by molar-refractivity contribution is 5.98. The molecule has 0 saturated heterocycles. The lowest BCUT2D eigenvalue weighted by molar-refractivity contribution is 0.0942. The Morgan fingerprint density at radius 2 is 2.21 bits per heavy atom. The summed E-state index contributed by atoms with van der Waals surface area (Å²) in [5, 5.41) is 14.3. The minimum atomic E-state index is -0.499. The molecule has 1 aliphatic carbocycles. The Kier molecular flexibility index (Phi) is 3.69. The maximum absolute atomic E-state index is 13.3. The predicted molar refractivity (Wildman–Crippen MR) is 68.5 cm³/mol. The van der Waals surface area contributed by atoms with Gasteiger partial charge in [0.2, 0.25) is 0 Å². The molecule has 1 aromatic rings. The van der Waals surface area contributed by atoms with Crippen LogP contribution >= 0.6 is 0 Å². The third-order valence-corrected chi connectivity index (χ3v) is 3.12. The molecule has 1 unspecified atom stereocenters. The number of nitrogens with one attached hydrogen (secondary N) is 1. The molecule has 1 amide bonds. The fourth-order valence-electron chi connectivity index (χ4n) is 2.02. The smallest absolute Gasteiger partial charge is 0.251 e. The average Bonchev–Trinajstić information content (AvgIpc) is 3.17. The first-order chi connectivity index (χ1) is 9.01. The number of carbonyl (C=O) groups is 1. The molecule has 0 heterocycles. The fraction of sp³-hybridized carbons (Fsp3) is 0.385. The number of hydrogen-bond acceptors (Lipinski definition) is 3. The molecule has 1 fully saturated rings. The summed E-state index contributed by atoms with van der Waals surface area (Å²) in [7, 11) is 0. The lowest BCUT2D eigenvalue weighted by Gasteiger charge is -2.16. The highest BCUT2D eigenvalue weighted by Gasteiger charge is 2.35. The van der Waals surface area contributed by atoms with E-state index >= 15 is 0 Å². The molecule has 5 nitrogen and oxygen atoms in total. The van der Waals surface area contributed by atoms with Crippen molar-refractivity contribution in [2.24, 2.45) is 16.8 Å². The van der Waals surface area contributed by atoms with Crippen LogP contribution in [0.3, 0.4) is 0 Å². The van der Waals surface area contributed by atoms with Crippen molar-refractivity contribution in [3.63, 3.8) is 0 Å². The number of rotatable bonds is 4. The van der Waals surface area contributed by atoms with Gasteiger partial charge in [-0.2, -0.15) is 0 Å². The number of oxime groups is 1. The van der Waals surface area contributed by atoms with Crippen LogP contribution in [0.4, 0.5) is 4.39 Å². The molecule has 0 aromatic heterocycles. The van der Waals surface area contributed by atoms with Crippen LogP contribution in [0.25, 0.3) is 0 Å². The van der Waals surface area contributed by atoms with Gasteiger partial charge in [-0.3, -0.25) is 4.79 Å². The summed E-state index contributed by atoms with van der Waals surface area (Å²) in [6, 6.07) is 3.60. The molecule has 19 heavy (non-hydrogen) atoms. The van der Waals surface area contributed by atoms with E-state index in [9.17, 15) is 9.18 Å². The van der Waals surface area contributed by atoms with Crippen LogP contribution in [0.1, 0.15) is 28.8 Å². The highest BCUT2D eigenvalue weighted by atomic mass is 19.1. The van der Waals surface area contributed by atoms with Crippen molar-refractivity contribution in [3.05, 3.63) is 35.1 Å². The predicted octanol–water partition coefficient (Wildman–Crippen LogP) is 1.39. The van der Waals surface area contributed by atoms with Crippen LogP contribution in [-0.2, 0) is 0 Å². The molecule has 1 aliphatic rings. The first-order valence-electron chi connectivity index (χ1n) is 6.06. The van der Waals surface area contributed by atoms with Crippen molar-refractivity contribution in [1.29, 1.82) is 0 Å². The van der Waals surface area contributed by atoms with Gasteiger partial charge in [-0.25, -0.2) is 4.39 Å². The Morgan fingerprint density at radius 1 is 1.53 bits per heavy atom. The molecule has 0 spiro atoms. The minimum absolute atomic E-state index is 0.0241. The Bertz CT molecular complexity index is 506. The third kappa shape index (κ3) is 3.21. The number of benzene rings is 1. The van der Waals surface area contributed by atoms with Gasteiger partial charge < -0.3 is 16.3 Å². The summed E-state index contributed by atoms with van der Waals surface area (Å²) in [6.07, 6.45) is 1.84. The molecule has 0 radical (unpaired) electrons. The lowest BCUT2D eigenvalue weighted by atomic mass is 10.1. The van der Waals surface area contributed by atoms with Crippen molar-refractivity contribution >= 4 is 11.7 Å². The Hall–Kier alpha value is -2.11. The van der Waals surface area contributed by atoms with Crippen molar-refractivity contribution in [1.82, 2.24) is 5.32 Å². The highest BCUT2D eigenvalue weighted by Crippen LogP contribution is 2.32. The Balaban J connectivity index is 2.15. The minimum Gasteiger partial charge on any atom is -0.409 e. The van der Waals surface area contributed by atoms with Crippen LogP contribution in [0, 0.1) is 18.7 Å². The summed E-state index contributed by atoms with van der Waals surface area (Å²) >= 11 is 0. The van der Waals surface area contributed by atoms with Crippen molar-refractivity contribution in [2.45, 2.75) is 25.8 Å². The maximum atomic E-state index is 13.3. The zero-order valence-corrected chi connectivity index (χ0v) is 10.6. The van der Waals surface area contributed by atoms with Gasteiger partial charge in [-0.15, -0.1) is 0 Å². The topological polar surface area (TPSA) is 87.7 Å². The van der Waals surface area contributed by atoms with Gasteiger partial charge in [-0.1, -0.05) is 5.16 Å². The van der Waals surface area contributed by atoms with Gasteiger partial charge >= 0.3 is 0 Å². The maximum Gasteiger partial charge on any atom is 0.251 e. The lowest BCUT2D eigenvalue weighted by Crippen LogP contribution is -2.46. The van der Waals surface area contributed by atoms with Crippen LogP contribution in [-0.4, -0.2) is 23.0 Å². The van der Waals surface area contributed by atoms with E-state index in [1.165, 1.54) is 12.1 Å². The molecule has 4 N–H and O–H groups in total. The second-order valence-electron chi connectivity index (χ2n) is 4.83. The second kappa shape index (κ2) is 5.26. The SMILES string of the molecule is Cc1cc(F)cc(C(=O)NC(/C(N)=N/O)C2CC2)c1. The molecule has 1 aromatic carbocycles. The van der Waals surface area contributed by atoms with E-state index in [2.05, 4.69) is 10.5 Å². The van der Waals surface area contributed by atoms with E-state index in [0.717, 1.165) is 12.8 Å². The summed E-state index contributed by atoms with van der Waals surface area (Å²) in [5.41, 5.74) is 6.45. The monoisotopic (exact) mass is 265 g/mol. The van der Waals surface area contributed by atoms with Crippen molar-refractivity contribution in [3.8, 4) is 0 Å². The zero-order chi connectivity index (χ0) is 14.0. The van der Waals surface area contributed by atoms with Crippen molar-refractivity contribution < 1.29 is 14.4 Å². The van der Waals surface area contributed by atoms with Crippen molar-refractivity contribution in [2.75, 3.05) is 0 Å². The number of carbonyl (C=O) groups excluding carboxylic acids is 1. The van der Waals surface area contributed by atoms with E-state index in [0.29, 0.717) is 5.56 Å². The number of amidine groups is 1. The first-order valence-corrected chi connectivity index (χ1v) is 6.06. The number of nitrogens with two attached hydrogens (primary N) is 1. The molecule has 102 valence electrons. The Labute approximate surface area is 110 Å². The van der Waals surface area contributed by atoms with Gasteiger partial charge in [0.25, 0.3) is 5.91 Å². The molecule has 0 bridgehead atoms. The number of amides is 1. The summed E-state index contributed by atoms with van der Waals surface area (Å²) < 4.78 is 13.3. The quantitative estimate of drug-likeness (QED) is 0.333. The van der Waals surface area contributed by atoms with E-state index < -0.39 is 17.8 Å². The normalized spacial score (nSPS) is 17.1. The molecule has 0 aliphatic heterocycles. The molecular weight excluding hydrogens is 249 g/mol. The summed E-state index contributed by atoms with van der Waals surface area (Å²) in [6.45, 7) is 1.71. The number of hydrogen-bond donors (Lipinski definition) is 3. The van der Waals surface area contributed by atoms with Crippen LogP contribution < -0.4 is 11.1 Å². The largest absolute Gasteiger partial charge is 0.409 e. The van der Waals surface area contributed by atoms with E-state index in [4.69, 9.17) is 10.9 Å². The second-order valence-corrected chi connectivity index (χ2v) is 4.83. The number of aryl methyl sites for hydroxylation is 1. The van der Waals surface area contributed by atoms with Crippen LogP contribution in [0.2, 0.25) is 0 Å². The molecule has 6 heteroatoms. The van der Waals surface area contributed by atoms with Gasteiger partial charge in [0, 0.05) is 5.56 Å². The van der Waals surface area contributed by atoms with E-state index in [1.54, 1.807) is 13.0 Å². The van der Waals surface area contributed by atoms with Crippen LogP contribution in [0.5, 0.6) is 0 Å². The van der Waals surface area contributed by atoms with Gasteiger partial charge in [0.1, 0.15) is 5.82 Å². The molecule has 1 atom stereocenters. The number of halogens is 1. The summed E-state index contributed by atoms with van der Waals surface area (Å²) in [4.78, 5) is 12.0. The first kappa shape index (κ1) is 13.3. The zero-order valence-electron chi connectivity index (χ0n) is 10.6. The van der Waals surface area contributed by atoms with Gasteiger partial charge in [-0.05, 0) is 49.4 Å². The van der Waals surface area contributed by atoms with E-state index in [-0.39, 0.29) is 17.3 Å². The van der Waals surface area contributed by atoms with E-state index in [1.807, 2.05) is 0 Å². The molecule has 1 saturated carbocycles. The molecular formula is C13H16FN3O2. The van der Waals surface area contributed by atoms with Crippen LogP contribution in [0.15, 0.2) is 23.4 Å².